The van der Waals surface area contributed by atoms with Gasteiger partial charge in [-0.3, -0.25) is 4.99 Å². The molecule has 0 aliphatic carbocycles. The SMILES string of the molecule is COc1ccc(N=Cc2cc(Br)ccc2OCc2ccc(C(=O)O)cc2)cc1. The average Bonchev–Trinajstić information content (AvgIpc) is 2.72. The summed E-state index contributed by atoms with van der Waals surface area (Å²) in [4.78, 5) is 15.4. The van der Waals surface area contributed by atoms with Gasteiger partial charge in [-0.15, -0.1) is 0 Å². The van der Waals surface area contributed by atoms with Crippen molar-refractivity contribution in [2.24, 2.45) is 4.99 Å². The van der Waals surface area contributed by atoms with Gasteiger partial charge in [0.1, 0.15) is 18.1 Å². The van der Waals surface area contributed by atoms with Crippen molar-refractivity contribution in [3.63, 3.8) is 0 Å². The molecule has 142 valence electrons. The highest BCUT2D eigenvalue weighted by Gasteiger charge is 2.06. The molecule has 6 heteroatoms. The number of aromatic carboxylic acids is 1. The molecule has 0 bridgehead atoms. The number of aliphatic imine (C=N–C) groups is 1. The number of rotatable bonds is 7. The Morgan fingerprint density at radius 2 is 1.79 bits per heavy atom. The van der Waals surface area contributed by atoms with Crippen molar-refractivity contribution < 1.29 is 19.4 Å². The first kappa shape index (κ1) is 19.6. The zero-order chi connectivity index (χ0) is 19.9. The van der Waals surface area contributed by atoms with E-state index < -0.39 is 5.97 Å². The third kappa shape index (κ3) is 5.20. The quantitative estimate of drug-likeness (QED) is 0.494. The zero-order valence-corrected chi connectivity index (χ0v) is 16.7. The van der Waals surface area contributed by atoms with Gasteiger partial charge in [-0.2, -0.15) is 0 Å². The maximum atomic E-state index is 10.9. The highest BCUT2D eigenvalue weighted by molar-refractivity contribution is 9.10. The fourth-order valence-corrected chi connectivity index (χ4v) is 2.85. The highest BCUT2D eigenvalue weighted by atomic mass is 79.9. The molecule has 0 radical (unpaired) electrons. The van der Waals surface area contributed by atoms with Gasteiger partial charge in [0.25, 0.3) is 0 Å². The number of halogens is 1. The van der Waals surface area contributed by atoms with Crippen molar-refractivity contribution in [2.75, 3.05) is 7.11 Å². The summed E-state index contributed by atoms with van der Waals surface area (Å²) in [7, 11) is 1.62. The number of hydrogen-bond donors (Lipinski definition) is 1. The van der Waals surface area contributed by atoms with Crippen LogP contribution in [0.1, 0.15) is 21.5 Å². The van der Waals surface area contributed by atoms with Crippen LogP contribution in [0.2, 0.25) is 0 Å². The standard InChI is InChI=1S/C22H18BrNO4/c1-27-20-9-7-19(8-10-20)24-13-17-12-18(23)6-11-21(17)28-14-15-2-4-16(5-3-15)22(25)26/h2-13H,14H2,1H3,(H,25,26). The van der Waals surface area contributed by atoms with Crippen LogP contribution in [0, 0.1) is 0 Å². The van der Waals surface area contributed by atoms with Crippen LogP contribution in [0.4, 0.5) is 5.69 Å². The van der Waals surface area contributed by atoms with Crippen molar-refractivity contribution in [1.82, 2.24) is 0 Å². The van der Waals surface area contributed by atoms with Crippen LogP contribution in [-0.2, 0) is 6.61 Å². The molecule has 0 aliphatic rings. The lowest BCUT2D eigenvalue weighted by atomic mass is 10.1. The Bertz CT molecular complexity index is 982. The lowest BCUT2D eigenvalue weighted by Gasteiger charge is -2.10. The van der Waals surface area contributed by atoms with Gasteiger partial charge in [0.15, 0.2) is 0 Å². The number of methoxy groups -OCH3 is 1. The number of hydrogen-bond acceptors (Lipinski definition) is 4. The summed E-state index contributed by atoms with van der Waals surface area (Å²) in [5.41, 5.74) is 2.76. The number of ether oxygens (including phenoxy) is 2. The molecule has 0 aliphatic heterocycles. The Morgan fingerprint density at radius 3 is 2.43 bits per heavy atom. The van der Waals surface area contributed by atoms with E-state index in [1.54, 1.807) is 37.6 Å². The smallest absolute Gasteiger partial charge is 0.335 e. The molecule has 0 amide bonds. The minimum atomic E-state index is -0.947. The van der Waals surface area contributed by atoms with Crippen molar-refractivity contribution in [1.29, 1.82) is 0 Å². The summed E-state index contributed by atoms with van der Waals surface area (Å²) in [6.07, 6.45) is 1.75. The molecule has 3 aromatic rings. The summed E-state index contributed by atoms with van der Waals surface area (Å²) in [5.74, 6) is 0.513. The molecule has 1 N–H and O–H groups in total. The van der Waals surface area contributed by atoms with E-state index in [1.165, 1.54) is 0 Å². The molecule has 0 fully saturated rings. The summed E-state index contributed by atoms with van der Waals surface area (Å²) in [5, 5.41) is 8.97. The Hall–Kier alpha value is -3.12. The van der Waals surface area contributed by atoms with E-state index in [9.17, 15) is 4.79 Å². The average molecular weight is 440 g/mol. The predicted octanol–water partition coefficient (Wildman–Crippen LogP) is 5.49. The number of nitrogens with zero attached hydrogens (tertiary/aromatic N) is 1. The largest absolute Gasteiger partial charge is 0.497 e. The van der Waals surface area contributed by atoms with Crippen LogP contribution in [0.3, 0.4) is 0 Å². The fraction of sp³-hybridized carbons (Fsp3) is 0.0909. The van der Waals surface area contributed by atoms with E-state index in [0.717, 1.165) is 27.0 Å². The summed E-state index contributed by atoms with van der Waals surface area (Å²) < 4.78 is 12.0. The van der Waals surface area contributed by atoms with Gasteiger partial charge < -0.3 is 14.6 Å². The molecular weight excluding hydrogens is 422 g/mol. The van der Waals surface area contributed by atoms with Gasteiger partial charge in [-0.25, -0.2) is 4.79 Å². The molecule has 5 nitrogen and oxygen atoms in total. The molecule has 0 aromatic heterocycles. The first-order valence-electron chi connectivity index (χ1n) is 8.48. The van der Waals surface area contributed by atoms with Crippen LogP contribution in [-0.4, -0.2) is 24.4 Å². The predicted molar refractivity (Wildman–Crippen MR) is 112 cm³/mol. The topological polar surface area (TPSA) is 68.1 Å². The van der Waals surface area contributed by atoms with E-state index in [-0.39, 0.29) is 5.56 Å². The molecule has 0 saturated carbocycles. The molecule has 3 rings (SSSR count). The Morgan fingerprint density at radius 1 is 1.07 bits per heavy atom. The van der Waals surface area contributed by atoms with Gasteiger partial charge >= 0.3 is 5.97 Å². The lowest BCUT2D eigenvalue weighted by Crippen LogP contribution is -2.00. The summed E-state index contributed by atoms with van der Waals surface area (Å²) >= 11 is 3.47. The van der Waals surface area contributed by atoms with Crippen LogP contribution >= 0.6 is 15.9 Å². The van der Waals surface area contributed by atoms with E-state index in [4.69, 9.17) is 14.6 Å². The maximum Gasteiger partial charge on any atom is 0.335 e. The normalized spacial score (nSPS) is 10.8. The van der Waals surface area contributed by atoms with Crippen molar-refractivity contribution >= 4 is 33.8 Å². The van der Waals surface area contributed by atoms with E-state index >= 15 is 0 Å². The second-order valence-corrected chi connectivity index (χ2v) is 6.84. The van der Waals surface area contributed by atoms with E-state index in [1.807, 2.05) is 42.5 Å². The molecule has 0 unspecified atom stereocenters. The van der Waals surface area contributed by atoms with Crippen molar-refractivity contribution in [3.8, 4) is 11.5 Å². The summed E-state index contributed by atoms with van der Waals surface area (Å²) in [6.45, 7) is 0.324. The highest BCUT2D eigenvalue weighted by Crippen LogP contribution is 2.24. The van der Waals surface area contributed by atoms with Crippen molar-refractivity contribution in [3.05, 3.63) is 87.9 Å². The molecule has 0 saturated heterocycles. The number of carbonyl (C=O) groups is 1. The van der Waals surface area contributed by atoms with Crippen LogP contribution in [0.15, 0.2) is 76.2 Å². The molecule has 3 aromatic carbocycles. The molecule has 0 atom stereocenters. The summed E-state index contributed by atoms with van der Waals surface area (Å²) in [6, 6.07) is 19.8. The minimum absolute atomic E-state index is 0.250. The molecule has 28 heavy (non-hydrogen) atoms. The second-order valence-electron chi connectivity index (χ2n) is 5.93. The van der Waals surface area contributed by atoms with Gasteiger partial charge in [-0.1, -0.05) is 28.1 Å². The van der Waals surface area contributed by atoms with Gasteiger partial charge in [0, 0.05) is 16.3 Å². The van der Waals surface area contributed by atoms with Crippen LogP contribution < -0.4 is 9.47 Å². The first-order chi connectivity index (χ1) is 13.5. The van der Waals surface area contributed by atoms with Crippen LogP contribution in [0.5, 0.6) is 11.5 Å². The van der Waals surface area contributed by atoms with Gasteiger partial charge in [0.2, 0.25) is 0 Å². The Labute approximate surface area is 171 Å². The molecule has 0 spiro atoms. The molecular formula is C22H18BrNO4. The van der Waals surface area contributed by atoms with Gasteiger partial charge in [-0.05, 0) is 60.2 Å². The van der Waals surface area contributed by atoms with E-state index in [2.05, 4.69) is 20.9 Å². The van der Waals surface area contributed by atoms with Crippen molar-refractivity contribution in [2.45, 2.75) is 6.61 Å². The second kappa shape index (κ2) is 9.19. The number of carboxylic acids is 1. The Kier molecular flexibility index (Phi) is 6.45. The first-order valence-corrected chi connectivity index (χ1v) is 9.27. The minimum Gasteiger partial charge on any atom is -0.497 e. The Balaban J connectivity index is 1.74. The maximum absolute atomic E-state index is 10.9. The van der Waals surface area contributed by atoms with Gasteiger partial charge in [0.05, 0.1) is 18.4 Å². The monoisotopic (exact) mass is 439 g/mol. The zero-order valence-electron chi connectivity index (χ0n) is 15.1. The number of benzene rings is 3. The lowest BCUT2D eigenvalue weighted by molar-refractivity contribution is 0.0697. The van der Waals surface area contributed by atoms with E-state index in [0.29, 0.717) is 12.4 Å². The third-order valence-electron chi connectivity index (χ3n) is 3.99. The van der Waals surface area contributed by atoms with Crippen LogP contribution in [0.25, 0.3) is 0 Å². The molecule has 0 heterocycles. The number of carboxylic acid groups (broad SMARTS) is 1. The third-order valence-corrected chi connectivity index (χ3v) is 4.49. The fourth-order valence-electron chi connectivity index (χ4n) is 2.47.